The second-order valence-corrected chi connectivity index (χ2v) is 6.22. The number of hydrogen-bond acceptors (Lipinski definition) is 2. The fourth-order valence-electron chi connectivity index (χ4n) is 2.33. The minimum atomic E-state index is 0.540. The monoisotopic (exact) mass is 337 g/mol. The lowest BCUT2D eigenvalue weighted by molar-refractivity contribution is 0.306. The lowest BCUT2D eigenvalue weighted by Gasteiger charge is -2.09. The Hall–Kier alpha value is -2.45. The van der Waals surface area contributed by atoms with Gasteiger partial charge in [0.25, 0.3) is 0 Å². The van der Waals surface area contributed by atoms with Crippen LogP contribution < -0.4 is 10.1 Å². The molecule has 0 bridgehead atoms. The molecular formula is C21H20ClNO. The Labute approximate surface area is 148 Å². The van der Waals surface area contributed by atoms with E-state index in [-0.39, 0.29) is 0 Å². The first-order chi connectivity index (χ1) is 11.7. The average molecular weight is 338 g/mol. The van der Waals surface area contributed by atoms with Gasteiger partial charge in [-0.15, -0.1) is 0 Å². The number of nitrogens with one attached hydrogen (secondary N) is 1. The number of ether oxygens (including phenoxy) is 1. The fraction of sp³-hybridized carbons (Fsp3) is 0.143. The molecule has 122 valence electrons. The molecule has 0 aromatic heterocycles. The summed E-state index contributed by atoms with van der Waals surface area (Å²) in [5.74, 6) is 0.865. The average Bonchev–Trinajstić information content (AvgIpc) is 2.62. The predicted molar refractivity (Wildman–Crippen MR) is 101 cm³/mol. The normalized spacial score (nSPS) is 10.4. The van der Waals surface area contributed by atoms with Crippen molar-refractivity contribution in [2.75, 3.05) is 5.32 Å². The third kappa shape index (κ3) is 4.77. The van der Waals surface area contributed by atoms with Crippen LogP contribution in [0.3, 0.4) is 0 Å². The molecular weight excluding hydrogens is 318 g/mol. The van der Waals surface area contributed by atoms with Crippen molar-refractivity contribution in [2.45, 2.75) is 20.1 Å². The van der Waals surface area contributed by atoms with Gasteiger partial charge in [-0.1, -0.05) is 53.6 Å². The van der Waals surface area contributed by atoms with Crippen molar-refractivity contribution < 1.29 is 4.74 Å². The maximum absolute atomic E-state index is 5.88. The maximum Gasteiger partial charge on any atom is 0.119 e. The number of aryl methyl sites for hydroxylation is 1. The number of halogens is 1. The van der Waals surface area contributed by atoms with E-state index in [1.807, 2.05) is 36.4 Å². The second kappa shape index (κ2) is 7.89. The minimum Gasteiger partial charge on any atom is -0.489 e. The molecule has 3 aromatic carbocycles. The van der Waals surface area contributed by atoms with E-state index in [4.69, 9.17) is 16.3 Å². The van der Waals surface area contributed by atoms with Crippen LogP contribution in [-0.4, -0.2) is 0 Å². The van der Waals surface area contributed by atoms with Crippen LogP contribution in [0.1, 0.15) is 16.7 Å². The molecule has 0 amide bonds. The van der Waals surface area contributed by atoms with Crippen molar-refractivity contribution >= 4 is 17.3 Å². The quantitative estimate of drug-likeness (QED) is 0.610. The Kier molecular flexibility index (Phi) is 5.39. The fourth-order valence-corrected chi connectivity index (χ4v) is 2.45. The van der Waals surface area contributed by atoms with Gasteiger partial charge < -0.3 is 10.1 Å². The zero-order valence-electron chi connectivity index (χ0n) is 13.6. The highest BCUT2D eigenvalue weighted by molar-refractivity contribution is 6.30. The van der Waals surface area contributed by atoms with E-state index in [1.54, 1.807) is 0 Å². The molecule has 3 rings (SSSR count). The third-order valence-electron chi connectivity index (χ3n) is 3.79. The van der Waals surface area contributed by atoms with Crippen molar-refractivity contribution in [1.29, 1.82) is 0 Å². The molecule has 3 heteroatoms. The molecule has 0 saturated heterocycles. The van der Waals surface area contributed by atoms with E-state index in [9.17, 15) is 0 Å². The molecule has 3 aromatic rings. The zero-order valence-corrected chi connectivity index (χ0v) is 14.4. The molecule has 2 nitrogen and oxygen atoms in total. The van der Waals surface area contributed by atoms with E-state index in [0.717, 1.165) is 28.6 Å². The summed E-state index contributed by atoms with van der Waals surface area (Å²) in [4.78, 5) is 0. The Balaban J connectivity index is 1.51. The molecule has 0 aliphatic rings. The number of benzene rings is 3. The van der Waals surface area contributed by atoms with Gasteiger partial charge >= 0.3 is 0 Å². The van der Waals surface area contributed by atoms with Crippen LogP contribution in [0.25, 0.3) is 0 Å². The summed E-state index contributed by atoms with van der Waals surface area (Å²) in [7, 11) is 0. The van der Waals surface area contributed by atoms with Crippen LogP contribution in [0.2, 0.25) is 5.02 Å². The van der Waals surface area contributed by atoms with Crippen LogP contribution in [-0.2, 0) is 13.2 Å². The number of anilines is 1. The van der Waals surface area contributed by atoms with E-state index in [1.165, 1.54) is 11.1 Å². The molecule has 0 aliphatic heterocycles. The van der Waals surface area contributed by atoms with Crippen LogP contribution in [0.15, 0.2) is 72.8 Å². The van der Waals surface area contributed by atoms with Gasteiger partial charge in [-0.05, 0) is 54.4 Å². The van der Waals surface area contributed by atoms with E-state index >= 15 is 0 Å². The Bertz CT molecular complexity index is 696. The van der Waals surface area contributed by atoms with Gasteiger partial charge in [0, 0.05) is 17.3 Å². The summed E-state index contributed by atoms with van der Waals surface area (Å²) in [6.07, 6.45) is 0. The molecule has 0 heterocycles. The van der Waals surface area contributed by atoms with Gasteiger partial charge in [-0.25, -0.2) is 0 Å². The topological polar surface area (TPSA) is 21.3 Å². The molecule has 0 unspecified atom stereocenters. The highest BCUT2D eigenvalue weighted by Gasteiger charge is 1.98. The van der Waals surface area contributed by atoms with Gasteiger partial charge in [-0.2, -0.15) is 0 Å². The first-order valence-electron chi connectivity index (χ1n) is 7.96. The molecule has 1 N–H and O–H groups in total. The molecule has 24 heavy (non-hydrogen) atoms. The minimum absolute atomic E-state index is 0.540. The molecule has 0 spiro atoms. The SMILES string of the molecule is Cc1ccc(NCc2ccc(OCc3ccc(Cl)cc3)cc2)cc1. The highest BCUT2D eigenvalue weighted by atomic mass is 35.5. The van der Waals surface area contributed by atoms with Gasteiger partial charge in [0.05, 0.1) is 0 Å². The summed E-state index contributed by atoms with van der Waals surface area (Å²) < 4.78 is 5.80. The lowest BCUT2D eigenvalue weighted by Crippen LogP contribution is -2.00. The van der Waals surface area contributed by atoms with Crippen LogP contribution in [0.4, 0.5) is 5.69 Å². The van der Waals surface area contributed by atoms with Gasteiger partial charge in [-0.3, -0.25) is 0 Å². The highest BCUT2D eigenvalue weighted by Crippen LogP contribution is 2.17. The summed E-state index contributed by atoms with van der Waals surface area (Å²) in [5.41, 5.74) is 4.71. The van der Waals surface area contributed by atoms with Gasteiger partial charge in [0.15, 0.2) is 0 Å². The summed E-state index contributed by atoms with van der Waals surface area (Å²) in [6, 6.07) is 24.3. The van der Waals surface area contributed by atoms with Gasteiger partial charge in [0.1, 0.15) is 12.4 Å². The molecule has 0 aliphatic carbocycles. The first kappa shape index (κ1) is 16.4. The Morgan fingerprint density at radius 2 is 1.42 bits per heavy atom. The standard InChI is InChI=1S/C21H20ClNO/c1-16-2-10-20(11-3-16)23-14-17-6-12-21(13-7-17)24-15-18-4-8-19(22)9-5-18/h2-13,23H,14-15H2,1H3. The smallest absolute Gasteiger partial charge is 0.119 e. The first-order valence-corrected chi connectivity index (χ1v) is 8.33. The van der Waals surface area contributed by atoms with Crippen molar-refractivity contribution in [3.8, 4) is 5.75 Å². The maximum atomic E-state index is 5.88. The predicted octanol–water partition coefficient (Wildman–Crippen LogP) is 5.84. The number of hydrogen-bond donors (Lipinski definition) is 1. The third-order valence-corrected chi connectivity index (χ3v) is 4.04. The second-order valence-electron chi connectivity index (χ2n) is 5.78. The molecule has 0 saturated carbocycles. The largest absolute Gasteiger partial charge is 0.489 e. The van der Waals surface area contributed by atoms with E-state index in [0.29, 0.717) is 6.61 Å². The van der Waals surface area contributed by atoms with Crippen LogP contribution >= 0.6 is 11.6 Å². The molecule has 0 fully saturated rings. The summed E-state index contributed by atoms with van der Waals surface area (Å²) in [6.45, 7) is 3.42. The lowest BCUT2D eigenvalue weighted by atomic mass is 10.2. The Morgan fingerprint density at radius 1 is 0.792 bits per heavy atom. The van der Waals surface area contributed by atoms with Crippen molar-refractivity contribution in [2.24, 2.45) is 0 Å². The number of rotatable bonds is 6. The van der Waals surface area contributed by atoms with Crippen LogP contribution in [0, 0.1) is 6.92 Å². The van der Waals surface area contributed by atoms with Crippen molar-refractivity contribution in [3.63, 3.8) is 0 Å². The zero-order chi connectivity index (χ0) is 16.8. The van der Waals surface area contributed by atoms with E-state index in [2.05, 4.69) is 48.6 Å². The van der Waals surface area contributed by atoms with Crippen molar-refractivity contribution in [3.05, 3.63) is 94.5 Å². The summed E-state index contributed by atoms with van der Waals surface area (Å²) in [5, 5.41) is 4.16. The molecule has 0 radical (unpaired) electrons. The summed E-state index contributed by atoms with van der Waals surface area (Å²) >= 11 is 5.88. The van der Waals surface area contributed by atoms with Crippen molar-refractivity contribution in [1.82, 2.24) is 0 Å². The van der Waals surface area contributed by atoms with Crippen LogP contribution in [0.5, 0.6) is 5.75 Å². The molecule has 0 atom stereocenters. The van der Waals surface area contributed by atoms with E-state index < -0.39 is 0 Å². The Morgan fingerprint density at radius 3 is 2.08 bits per heavy atom. The van der Waals surface area contributed by atoms with Gasteiger partial charge in [0.2, 0.25) is 0 Å².